The molecule has 0 spiro atoms. The van der Waals surface area contributed by atoms with Gasteiger partial charge >= 0.3 is 0 Å². The highest BCUT2D eigenvalue weighted by Crippen LogP contribution is 2.23. The summed E-state index contributed by atoms with van der Waals surface area (Å²) < 4.78 is 5.67. The van der Waals surface area contributed by atoms with Crippen LogP contribution < -0.4 is 4.74 Å². The number of hydrogen-bond acceptors (Lipinski definition) is 3. The number of pyridine rings is 1. The van der Waals surface area contributed by atoms with E-state index in [2.05, 4.69) is 11.1 Å². The van der Waals surface area contributed by atoms with Gasteiger partial charge in [0.15, 0.2) is 0 Å². The second kappa shape index (κ2) is 5.53. The molecule has 96 valence electrons. The molecule has 0 aliphatic heterocycles. The van der Waals surface area contributed by atoms with Crippen LogP contribution >= 0.6 is 0 Å². The van der Waals surface area contributed by atoms with E-state index in [9.17, 15) is 0 Å². The van der Waals surface area contributed by atoms with E-state index in [1.54, 1.807) is 6.07 Å². The van der Waals surface area contributed by atoms with Gasteiger partial charge in [-0.15, -0.1) is 0 Å². The van der Waals surface area contributed by atoms with Gasteiger partial charge in [0, 0.05) is 5.56 Å². The summed E-state index contributed by atoms with van der Waals surface area (Å²) >= 11 is 0. The van der Waals surface area contributed by atoms with E-state index in [1.807, 2.05) is 51.1 Å². The van der Waals surface area contributed by atoms with Crippen molar-refractivity contribution in [3.63, 3.8) is 0 Å². The third kappa shape index (κ3) is 3.11. The van der Waals surface area contributed by atoms with Gasteiger partial charge < -0.3 is 4.74 Å². The predicted octanol–water partition coefficient (Wildman–Crippen LogP) is 3.72. The number of aryl methyl sites for hydroxylation is 1. The van der Waals surface area contributed by atoms with Crippen LogP contribution in [0.4, 0.5) is 0 Å². The van der Waals surface area contributed by atoms with Gasteiger partial charge in [-0.05, 0) is 45.0 Å². The van der Waals surface area contributed by atoms with Crippen LogP contribution in [0.25, 0.3) is 11.3 Å². The Bertz CT molecular complexity index is 627. The lowest BCUT2D eigenvalue weighted by Gasteiger charge is -2.11. The number of hydrogen-bond donors (Lipinski definition) is 0. The van der Waals surface area contributed by atoms with Crippen LogP contribution in [0.1, 0.15) is 25.1 Å². The Labute approximate surface area is 113 Å². The molecule has 0 N–H and O–H groups in total. The fourth-order valence-corrected chi connectivity index (χ4v) is 1.84. The van der Waals surface area contributed by atoms with Crippen molar-refractivity contribution >= 4 is 0 Å². The summed E-state index contributed by atoms with van der Waals surface area (Å²) in [6, 6.07) is 13.6. The molecule has 2 rings (SSSR count). The van der Waals surface area contributed by atoms with E-state index in [1.165, 1.54) is 0 Å². The first kappa shape index (κ1) is 13.1. The summed E-state index contributed by atoms with van der Waals surface area (Å²) in [5.41, 5.74) is 3.20. The molecule has 1 aromatic heterocycles. The van der Waals surface area contributed by atoms with Crippen LogP contribution in [0, 0.1) is 18.3 Å². The smallest absolute Gasteiger partial charge is 0.120 e. The Morgan fingerprint density at radius 3 is 2.63 bits per heavy atom. The highest BCUT2D eigenvalue weighted by Gasteiger charge is 2.05. The molecule has 0 atom stereocenters. The average molecular weight is 252 g/mol. The first-order valence-electron chi connectivity index (χ1n) is 6.25. The highest BCUT2D eigenvalue weighted by molar-refractivity contribution is 5.62. The zero-order chi connectivity index (χ0) is 13.8. The Morgan fingerprint density at radius 2 is 2.00 bits per heavy atom. The van der Waals surface area contributed by atoms with Gasteiger partial charge in [0.25, 0.3) is 0 Å². The molecule has 0 radical (unpaired) electrons. The van der Waals surface area contributed by atoms with Crippen molar-refractivity contribution in [3.05, 3.63) is 47.7 Å². The summed E-state index contributed by atoms with van der Waals surface area (Å²) in [4.78, 5) is 4.46. The van der Waals surface area contributed by atoms with Gasteiger partial charge in [0.1, 0.15) is 11.8 Å². The van der Waals surface area contributed by atoms with E-state index >= 15 is 0 Å². The minimum atomic E-state index is 0.144. The first-order valence-corrected chi connectivity index (χ1v) is 6.25. The zero-order valence-electron chi connectivity index (χ0n) is 11.3. The van der Waals surface area contributed by atoms with Gasteiger partial charge in [-0.25, -0.2) is 0 Å². The second-order valence-corrected chi connectivity index (χ2v) is 4.64. The quantitative estimate of drug-likeness (QED) is 0.836. The number of rotatable bonds is 3. The summed E-state index contributed by atoms with van der Waals surface area (Å²) in [6.07, 6.45) is 0.144. The third-order valence-corrected chi connectivity index (χ3v) is 2.71. The zero-order valence-corrected chi connectivity index (χ0v) is 11.3. The Kier molecular flexibility index (Phi) is 3.82. The van der Waals surface area contributed by atoms with E-state index in [4.69, 9.17) is 10.00 Å². The molecule has 0 amide bonds. The molecule has 1 aromatic carbocycles. The lowest BCUT2D eigenvalue weighted by atomic mass is 10.1. The molecule has 0 fully saturated rings. The third-order valence-electron chi connectivity index (χ3n) is 2.71. The summed E-state index contributed by atoms with van der Waals surface area (Å²) in [7, 11) is 0. The van der Waals surface area contributed by atoms with Crippen LogP contribution in [0.2, 0.25) is 0 Å². The minimum absolute atomic E-state index is 0.144. The number of benzene rings is 1. The number of ether oxygens (including phenoxy) is 1. The maximum Gasteiger partial charge on any atom is 0.120 e. The highest BCUT2D eigenvalue weighted by atomic mass is 16.5. The topological polar surface area (TPSA) is 45.9 Å². The van der Waals surface area contributed by atoms with Crippen LogP contribution in [-0.2, 0) is 0 Å². The largest absolute Gasteiger partial charge is 0.491 e. The number of nitrogens with zero attached hydrogens (tertiary/aromatic N) is 2. The monoisotopic (exact) mass is 252 g/mol. The van der Waals surface area contributed by atoms with Crippen molar-refractivity contribution in [3.8, 4) is 23.1 Å². The normalized spacial score (nSPS) is 10.3. The van der Waals surface area contributed by atoms with Crippen LogP contribution in [0.3, 0.4) is 0 Å². The van der Waals surface area contributed by atoms with Crippen molar-refractivity contribution in [2.24, 2.45) is 0 Å². The van der Waals surface area contributed by atoms with Gasteiger partial charge in [-0.3, -0.25) is 4.98 Å². The van der Waals surface area contributed by atoms with Gasteiger partial charge in [-0.1, -0.05) is 12.1 Å². The lowest BCUT2D eigenvalue weighted by molar-refractivity contribution is 0.242. The summed E-state index contributed by atoms with van der Waals surface area (Å²) in [5, 5.41) is 8.91. The van der Waals surface area contributed by atoms with Crippen molar-refractivity contribution in [2.45, 2.75) is 26.9 Å². The molecule has 0 aliphatic rings. The van der Waals surface area contributed by atoms with Gasteiger partial charge in [0.05, 0.1) is 23.1 Å². The Morgan fingerprint density at radius 1 is 1.21 bits per heavy atom. The molecule has 0 saturated carbocycles. The van der Waals surface area contributed by atoms with Crippen LogP contribution in [0.5, 0.6) is 5.75 Å². The maximum absolute atomic E-state index is 8.91. The molecule has 1 heterocycles. The fourth-order valence-electron chi connectivity index (χ4n) is 1.84. The fraction of sp³-hybridized carbons (Fsp3) is 0.250. The van der Waals surface area contributed by atoms with E-state index in [-0.39, 0.29) is 6.10 Å². The van der Waals surface area contributed by atoms with Crippen molar-refractivity contribution in [1.82, 2.24) is 4.98 Å². The molecular weight excluding hydrogens is 236 g/mol. The molecular formula is C16H16N2O. The SMILES string of the molecule is Cc1nc(-c2cccc(OC(C)C)c2)ccc1C#N. The van der Waals surface area contributed by atoms with Crippen molar-refractivity contribution in [1.29, 1.82) is 5.26 Å². The average Bonchev–Trinajstić information content (AvgIpc) is 2.38. The standard InChI is InChI=1S/C16H16N2O/c1-11(2)19-15-6-4-5-13(9-15)16-8-7-14(10-17)12(3)18-16/h4-9,11H,1-3H3. The van der Waals surface area contributed by atoms with Crippen molar-refractivity contribution in [2.75, 3.05) is 0 Å². The van der Waals surface area contributed by atoms with E-state index in [0.29, 0.717) is 5.56 Å². The number of aromatic nitrogens is 1. The molecule has 0 saturated heterocycles. The molecule has 19 heavy (non-hydrogen) atoms. The van der Waals surface area contributed by atoms with Crippen molar-refractivity contribution < 1.29 is 4.74 Å². The molecule has 3 heteroatoms. The van der Waals surface area contributed by atoms with Crippen LogP contribution in [0.15, 0.2) is 36.4 Å². The van der Waals surface area contributed by atoms with Gasteiger partial charge in [0.2, 0.25) is 0 Å². The van der Waals surface area contributed by atoms with Gasteiger partial charge in [-0.2, -0.15) is 5.26 Å². The summed E-state index contributed by atoms with van der Waals surface area (Å²) in [6.45, 7) is 5.84. The van der Waals surface area contributed by atoms with E-state index in [0.717, 1.165) is 22.7 Å². The predicted molar refractivity (Wildman–Crippen MR) is 74.9 cm³/mol. The molecule has 0 bridgehead atoms. The minimum Gasteiger partial charge on any atom is -0.491 e. The lowest BCUT2D eigenvalue weighted by Crippen LogP contribution is -2.05. The second-order valence-electron chi connectivity index (χ2n) is 4.64. The Balaban J connectivity index is 2.37. The maximum atomic E-state index is 8.91. The molecule has 3 nitrogen and oxygen atoms in total. The summed E-state index contributed by atoms with van der Waals surface area (Å²) in [5.74, 6) is 0.830. The Hall–Kier alpha value is -2.34. The molecule has 2 aromatic rings. The number of nitriles is 1. The molecule has 0 aliphatic carbocycles. The molecule has 0 unspecified atom stereocenters. The van der Waals surface area contributed by atoms with E-state index < -0.39 is 0 Å². The van der Waals surface area contributed by atoms with Crippen LogP contribution in [-0.4, -0.2) is 11.1 Å². The first-order chi connectivity index (χ1) is 9.10.